The van der Waals surface area contributed by atoms with Crippen LogP contribution in [0.1, 0.15) is 24.9 Å². The van der Waals surface area contributed by atoms with Gasteiger partial charge in [0.25, 0.3) is 0 Å². The van der Waals surface area contributed by atoms with Gasteiger partial charge < -0.3 is 9.88 Å². The van der Waals surface area contributed by atoms with E-state index in [-0.39, 0.29) is 11.9 Å². The van der Waals surface area contributed by atoms with E-state index < -0.39 is 0 Å². The van der Waals surface area contributed by atoms with Gasteiger partial charge in [0.05, 0.1) is 6.04 Å². The lowest BCUT2D eigenvalue weighted by Crippen LogP contribution is -2.27. The number of carbonyl (C=O) groups is 1. The normalized spacial score (nSPS) is 12.3. The molecule has 4 heteroatoms. The van der Waals surface area contributed by atoms with Crippen LogP contribution in [0.2, 0.25) is 0 Å². The van der Waals surface area contributed by atoms with Gasteiger partial charge in [-0.1, -0.05) is 52.3 Å². The SMILES string of the molecule is CC(NC(=O)CCn1ccc2c(Br)cccc21)c1ccccc1. The smallest absolute Gasteiger partial charge is 0.222 e. The van der Waals surface area contributed by atoms with Gasteiger partial charge in [0.1, 0.15) is 0 Å². The Balaban J connectivity index is 1.61. The molecule has 1 N–H and O–H groups in total. The van der Waals surface area contributed by atoms with Gasteiger partial charge in [0, 0.05) is 34.5 Å². The molecule has 3 aromatic rings. The van der Waals surface area contributed by atoms with Crippen LogP contribution in [0.3, 0.4) is 0 Å². The minimum atomic E-state index is 0.0271. The summed E-state index contributed by atoms with van der Waals surface area (Å²) in [6.45, 7) is 2.68. The number of hydrogen-bond donors (Lipinski definition) is 1. The number of rotatable bonds is 5. The maximum Gasteiger partial charge on any atom is 0.222 e. The molecular formula is C19H19BrN2O. The minimum absolute atomic E-state index is 0.0271. The Morgan fingerprint density at radius 2 is 1.91 bits per heavy atom. The summed E-state index contributed by atoms with van der Waals surface area (Å²) in [5.41, 5.74) is 2.26. The first-order valence-corrected chi connectivity index (χ1v) is 8.52. The molecule has 118 valence electrons. The summed E-state index contributed by atoms with van der Waals surface area (Å²) in [5.74, 6) is 0.0678. The highest BCUT2D eigenvalue weighted by Gasteiger charge is 2.10. The van der Waals surface area contributed by atoms with E-state index in [0.29, 0.717) is 13.0 Å². The summed E-state index contributed by atoms with van der Waals surface area (Å²) in [5, 5.41) is 4.23. The van der Waals surface area contributed by atoms with Gasteiger partial charge in [0.2, 0.25) is 5.91 Å². The molecule has 0 bridgehead atoms. The zero-order chi connectivity index (χ0) is 16.2. The highest BCUT2D eigenvalue weighted by Crippen LogP contribution is 2.24. The van der Waals surface area contributed by atoms with Crippen LogP contribution in [-0.4, -0.2) is 10.5 Å². The van der Waals surface area contributed by atoms with Crippen molar-refractivity contribution in [2.75, 3.05) is 0 Å². The van der Waals surface area contributed by atoms with E-state index in [0.717, 1.165) is 15.6 Å². The van der Waals surface area contributed by atoms with Crippen molar-refractivity contribution in [2.45, 2.75) is 25.9 Å². The molecular weight excluding hydrogens is 352 g/mol. The second kappa shape index (κ2) is 7.01. The van der Waals surface area contributed by atoms with E-state index in [1.807, 2.05) is 55.6 Å². The molecule has 0 saturated heterocycles. The zero-order valence-corrected chi connectivity index (χ0v) is 14.6. The summed E-state index contributed by atoms with van der Waals surface area (Å²) in [4.78, 5) is 12.2. The fourth-order valence-electron chi connectivity index (χ4n) is 2.74. The molecule has 1 heterocycles. The number of nitrogens with one attached hydrogen (secondary N) is 1. The summed E-state index contributed by atoms with van der Waals surface area (Å²) in [7, 11) is 0. The third-order valence-corrected chi connectivity index (χ3v) is 4.71. The molecule has 3 rings (SSSR count). The molecule has 0 saturated carbocycles. The first-order chi connectivity index (χ1) is 11.1. The standard InChI is InChI=1S/C19H19BrN2O/c1-14(15-6-3-2-4-7-15)21-19(23)11-13-22-12-10-16-17(20)8-5-9-18(16)22/h2-10,12,14H,11,13H2,1H3,(H,21,23). The molecule has 1 atom stereocenters. The number of aryl methyl sites for hydroxylation is 1. The average molecular weight is 371 g/mol. The molecule has 0 spiro atoms. The van der Waals surface area contributed by atoms with E-state index in [2.05, 4.69) is 37.9 Å². The molecule has 23 heavy (non-hydrogen) atoms. The van der Waals surface area contributed by atoms with Crippen LogP contribution in [0.4, 0.5) is 0 Å². The fraction of sp³-hybridized carbons (Fsp3) is 0.211. The molecule has 3 nitrogen and oxygen atoms in total. The first-order valence-electron chi connectivity index (χ1n) is 7.73. The number of amides is 1. The number of hydrogen-bond acceptors (Lipinski definition) is 1. The van der Waals surface area contributed by atoms with Crippen molar-refractivity contribution in [3.8, 4) is 0 Å². The average Bonchev–Trinajstić information content (AvgIpc) is 2.98. The highest BCUT2D eigenvalue weighted by molar-refractivity contribution is 9.10. The van der Waals surface area contributed by atoms with E-state index >= 15 is 0 Å². The molecule has 2 aromatic carbocycles. The van der Waals surface area contributed by atoms with Crippen LogP contribution in [0.5, 0.6) is 0 Å². The van der Waals surface area contributed by atoms with Crippen LogP contribution in [0.25, 0.3) is 10.9 Å². The minimum Gasteiger partial charge on any atom is -0.350 e. The summed E-state index contributed by atoms with van der Waals surface area (Å²) < 4.78 is 3.20. The Morgan fingerprint density at radius 1 is 1.13 bits per heavy atom. The monoisotopic (exact) mass is 370 g/mol. The van der Waals surface area contributed by atoms with Gasteiger partial charge in [-0.3, -0.25) is 4.79 Å². The Labute approximate surface area is 144 Å². The second-order valence-corrected chi connectivity index (χ2v) is 6.49. The molecule has 1 amide bonds. The number of halogens is 1. The van der Waals surface area contributed by atoms with Crippen molar-refractivity contribution >= 4 is 32.7 Å². The van der Waals surface area contributed by atoms with Crippen LogP contribution in [0, 0.1) is 0 Å². The van der Waals surface area contributed by atoms with Gasteiger partial charge >= 0.3 is 0 Å². The van der Waals surface area contributed by atoms with Crippen molar-refractivity contribution in [3.05, 3.63) is 70.8 Å². The van der Waals surface area contributed by atoms with E-state index in [1.54, 1.807) is 0 Å². The van der Waals surface area contributed by atoms with E-state index in [9.17, 15) is 4.79 Å². The van der Waals surface area contributed by atoms with Crippen molar-refractivity contribution in [1.82, 2.24) is 9.88 Å². The van der Waals surface area contributed by atoms with E-state index in [1.165, 1.54) is 5.39 Å². The molecule has 0 radical (unpaired) electrons. The van der Waals surface area contributed by atoms with Gasteiger partial charge in [-0.05, 0) is 30.7 Å². The van der Waals surface area contributed by atoms with Crippen LogP contribution in [0.15, 0.2) is 65.3 Å². The van der Waals surface area contributed by atoms with Crippen LogP contribution < -0.4 is 5.32 Å². The Bertz CT molecular complexity index is 811. The highest BCUT2D eigenvalue weighted by atomic mass is 79.9. The van der Waals surface area contributed by atoms with Gasteiger partial charge in [0.15, 0.2) is 0 Å². The van der Waals surface area contributed by atoms with Crippen LogP contribution >= 0.6 is 15.9 Å². The zero-order valence-electron chi connectivity index (χ0n) is 13.0. The number of carbonyl (C=O) groups excluding carboxylic acids is 1. The van der Waals surface area contributed by atoms with Crippen LogP contribution in [-0.2, 0) is 11.3 Å². The summed E-state index contributed by atoms with van der Waals surface area (Å²) in [6, 6.07) is 18.2. The summed E-state index contributed by atoms with van der Waals surface area (Å²) >= 11 is 3.56. The number of nitrogens with zero attached hydrogens (tertiary/aromatic N) is 1. The Kier molecular flexibility index (Phi) is 4.82. The predicted molar refractivity (Wildman–Crippen MR) is 97.3 cm³/mol. The van der Waals surface area contributed by atoms with Gasteiger partial charge in [-0.25, -0.2) is 0 Å². The Morgan fingerprint density at radius 3 is 2.70 bits per heavy atom. The number of aromatic nitrogens is 1. The Hall–Kier alpha value is -2.07. The van der Waals surface area contributed by atoms with Crippen molar-refractivity contribution < 1.29 is 4.79 Å². The molecule has 0 aliphatic rings. The third-order valence-electron chi connectivity index (χ3n) is 4.02. The molecule has 0 aliphatic carbocycles. The molecule has 0 aliphatic heterocycles. The third kappa shape index (κ3) is 3.64. The fourth-order valence-corrected chi connectivity index (χ4v) is 3.23. The maximum atomic E-state index is 12.2. The predicted octanol–water partition coefficient (Wildman–Crippen LogP) is 4.67. The molecule has 0 fully saturated rings. The first kappa shape index (κ1) is 15.8. The second-order valence-electron chi connectivity index (χ2n) is 5.63. The lowest BCUT2D eigenvalue weighted by atomic mass is 10.1. The summed E-state index contributed by atoms with van der Waals surface area (Å²) in [6.07, 6.45) is 2.50. The lowest BCUT2D eigenvalue weighted by molar-refractivity contribution is -0.121. The topological polar surface area (TPSA) is 34.0 Å². The lowest BCUT2D eigenvalue weighted by Gasteiger charge is -2.14. The maximum absolute atomic E-state index is 12.2. The largest absolute Gasteiger partial charge is 0.350 e. The quantitative estimate of drug-likeness (QED) is 0.695. The van der Waals surface area contributed by atoms with Crippen molar-refractivity contribution in [1.29, 1.82) is 0 Å². The number of fused-ring (bicyclic) bond motifs is 1. The number of benzene rings is 2. The van der Waals surface area contributed by atoms with Crippen molar-refractivity contribution in [2.24, 2.45) is 0 Å². The van der Waals surface area contributed by atoms with Gasteiger partial charge in [-0.15, -0.1) is 0 Å². The molecule has 1 aromatic heterocycles. The molecule has 1 unspecified atom stereocenters. The van der Waals surface area contributed by atoms with Crippen molar-refractivity contribution in [3.63, 3.8) is 0 Å². The van der Waals surface area contributed by atoms with E-state index in [4.69, 9.17) is 0 Å². The van der Waals surface area contributed by atoms with Gasteiger partial charge in [-0.2, -0.15) is 0 Å².